The molecule has 0 N–H and O–H groups in total. The second kappa shape index (κ2) is 12.6. The van der Waals surface area contributed by atoms with E-state index in [9.17, 15) is 0 Å². The minimum Gasteiger partial charge on any atom is -0.455 e. The smallest absolute Gasteiger partial charge is 0.161 e. The monoisotopic (exact) mass is 700 g/mol. The van der Waals surface area contributed by atoms with E-state index in [1.807, 2.05) is 12.1 Å². The molecule has 0 aliphatic carbocycles. The van der Waals surface area contributed by atoms with Crippen molar-refractivity contribution in [3.8, 4) is 56.2 Å². The van der Waals surface area contributed by atoms with Crippen LogP contribution in [0.15, 0.2) is 199 Å². The largest absolute Gasteiger partial charge is 0.455 e. The molecule has 9 aromatic carbocycles. The standard InChI is InChI=1S/C52H32N2O/c1-2-15-33(16-3-1)36-19-8-10-23-40(36)47-32-48(41-24-11-9-22-39(41)44-26-14-27-45-42-25-12-13-28-49(42)55-51(44)45)54-52(53-47)50-38-21-7-5-18-35(38)31-46-37-20-6-4-17-34(37)29-30-43(46)50/h1-32H. The lowest BCUT2D eigenvalue weighted by atomic mass is 9.91. The Labute approximate surface area is 317 Å². The number of nitrogens with zero attached hydrogens (tertiary/aromatic N) is 2. The Bertz CT molecular complexity index is 3270. The van der Waals surface area contributed by atoms with E-state index in [0.717, 1.165) is 88.4 Å². The van der Waals surface area contributed by atoms with E-state index in [1.165, 1.54) is 16.2 Å². The molecule has 0 radical (unpaired) electrons. The molecule has 0 amide bonds. The molecular weight excluding hydrogens is 669 g/mol. The molecule has 2 heterocycles. The first-order chi connectivity index (χ1) is 27.3. The van der Waals surface area contributed by atoms with Crippen LogP contribution >= 0.6 is 0 Å². The van der Waals surface area contributed by atoms with Crippen LogP contribution < -0.4 is 0 Å². The molecule has 0 fully saturated rings. The zero-order chi connectivity index (χ0) is 36.3. The van der Waals surface area contributed by atoms with Crippen molar-refractivity contribution in [2.45, 2.75) is 0 Å². The van der Waals surface area contributed by atoms with Crippen LogP contribution in [0.5, 0.6) is 0 Å². The summed E-state index contributed by atoms with van der Waals surface area (Å²) in [7, 11) is 0. The van der Waals surface area contributed by atoms with E-state index in [2.05, 4.69) is 182 Å². The second-order valence-electron chi connectivity index (χ2n) is 14.1. The van der Waals surface area contributed by atoms with Crippen molar-refractivity contribution in [2.24, 2.45) is 0 Å². The molecule has 0 bridgehead atoms. The third-order valence-corrected chi connectivity index (χ3v) is 10.9. The maximum absolute atomic E-state index is 6.58. The molecule has 3 nitrogen and oxygen atoms in total. The van der Waals surface area contributed by atoms with Crippen LogP contribution in [-0.4, -0.2) is 9.97 Å². The van der Waals surface area contributed by atoms with E-state index < -0.39 is 0 Å². The lowest BCUT2D eigenvalue weighted by Gasteiger charge is -2.17. The summed E-state index contributed by atoms with van der Waals surface area (Å²) >= 11 is 0. The van der Waals surface area contributed by atoms with Crippen LogP contribution in [0.3, 0.4) is 0 Å². The van der Waals surface area contributed by atoms with Gasteiger partial charge in [0, 0.05) is 33.0 Å². The average molecular weight is 701 g/mol. The van der Waals surface area contributed by atoms with Crippen molar-refractivity contribution in [3.63, 3.8) is 0 Å². The first-order valence-corrected chi connectivity index (χ1v) is 18.7. The minimum absolute atomic E-state index is 0.684. The fourth-order valence-electron chi connectivity index (χ4n) is 8.37. The quantitative estimate of drug-likeness (QED) is 0.133. The normalized spacial score (nSPS) is 11.6. The highest BCUT2D eigenvalue weighted by molar-refractivity contribution is 6.19. The van der Waals surface area contributed by atoms with Gasteiger partial charge in [0.25, 0.3) is 0 Å². The van der Waals surface area contributed by atoms with Gasteiger partial charge < -0.3 is 4.42 Å². The van der Waals surface area contributed by atoms with Gasteiger partial charge in [0.2, 0.25) is 0 Å². The van der Waals surface area contributed by atoms with E-state index in [-0.39, 0.29) is 0 Å². The lowest BCUT2D eigenvalue weighted by Crippen LogP contribution is -1.99. The van der Waals surface area contributed by atoms with Crippen molar-refractivity contribution in [2.75, 3.05) is 0 Å². The van der Waals surface area contributed by atoms with Crippen LogP contribution in [0.4, 0.5) is 0 Å². The van der Waals surface area contributed by atoms with E-state index in [1.54, 1.807) is 0 Å². The number of benzene rings is 9. The zero-order valence-corrected chi connectivity index (χ0v) is 29.8. The summed E-state index contributed by atoms with van der Waals surface area (Å²) in [6.45, 7) is 0. The summed E-state index contributed by atoms with van der Waals surface area (Å²) in [5.74, 6) is 0.684. The molecule has 0 saturated carbocycles. The maximum atomic E-state index is 6.58. The van der Waals surface area contributed by atoms with Gasteiger partial charge in [-0.05, 0) is 67.2 Å². The Balaban J connectivity index is 1.23. The van der Waals surface area contributed by atoms with E-state index in [0.29, 0.717) is 5.82 Å². The Morgan fingerprint density at radius 2 is 0.909 bits per heavy atom. The van der Waals surface area contributed by atoms with Gasteiger partial charge in [0.05, 0.1) is 11.4 Å². The molecule has 0 aliphatic rings. The summed E-state index contributed by atoms with van der Waals surface area (Å²) in [5, 5.41) is 9.19. The molecule has 11 rings (SSSR count). The van der Waals surface area contributed by atoms with Crippen LogP contribution in [0.2, 0.25) is 0 Å². The van der Waals surface area contributed by atoms with Crippen LogP contribution in [0, 0.1) is 0 Å². The molecule has 11 aromatic rings. The molecular formula is C52H32N2O. The predicted molar refractivity (Wildman–Crippen MR) is 229 cm³/mol. The number of para-hydroxylation sites is 2. The van der Waals surface area contributed by atoms with Crippen molar-refractivity contribution in [3.05, 3.63) is 194 Å². The molecule has 0 aliphatic heterocycles. The Morgan fingerprint density at radius 3 is 1.71 bits per heavy atom. The van der Waals surface area contributed by atoms with Gasteiger partial charge in [-0.2, -0.15) is 0 Å². The third kappa shape index (κ3) is 5.13. The van der Waals surface area contributed by atoms with Gasteiger partial charge in [-0.15, -0.1) is 0 Å². The number of rotatable bonds is 5. The zero-order valence-electron chi connectivity index (χ0n) is 29.8. The summed E-state index contributed by atoms with van der Waals surface area (Å²) < 4.78 is 6.58. The highest BCUT2D eigenvalue weighted by Crippen LogP contribution is 2.43. The molecule has 0 saturated heterocycles. The van der Waals surface area contributed by atoms with Crippen molar-refractivity contribution < 1.29 is 4.42 Å². The number of hydrogen-bond donors (Lipinski definition) is 0. The van der Waals surface area contributed by atoms with Gasteiger partial charge in [-0.3, -0.25) is 0 Å². The van der Waals surface area contributed by atoms with E-state index >= 15 is 0 Å². The lowest BCUT2D eigenvalue weighted by molar-refractivity contribution is 0.670. The summed E-state index contributed by atoms with van der Waals surface area (Å²) in [6, 6.07) is 68.5. The third-order valence-electron chi connectivity index (χ3n) is 10.9. The molecule has 0 unspecified atom stereocenters. The molecule has 0 atom stereocenters. The minimum atomic E-state index is 0.684. The molecule has 2 aromatic heterocycles. The Morgan fingerprint density at radius 1 is 0.327 bits per heavy atom. The maximum Gasteiger partial charge on any atom is 0.161 e. The van der Waals surface area contributed by atoms with E-state index in [4.69, 9.17) is 14.4 Å². The highest BCUT2D eigenvalue weighted by atomic mass is 16.3. The summed E-state index contributed by atoms with van der Waals surface area (Å²) in [4.78, 5) is 11.1. The number of fused-ring (bicyclic) bond motifs is 7. The SMILES string of the molecule is c1ccc(-c2ccccc2-c2cc(-c3ccccc3-c3cccc4c3oc3ccccc34)nc(-c3c4ccccc4cc4c3ccc3ccccc34)n2)cc1. The molecule has 3 heteroatoms. The highest BCUT2D eigenvalue weighted by Gasteiger charge is 2.21. The van der Waals surface area contributed by atoms with Crippen molar-refractivity contribution in [1.82, 2.24) is 9.97 Å². The Hall–Kier alpha value is -7.36. The van der Waals surface area contributed by atoms with Crippen molar-refractivity contribution in [1.29, 1.82) is 0 Å². The first-order valence-electron chi connectivity index (χ1n) is 18.7. The van der Waals surface area contributed by atoms with Crippen molar-refractivity contribution >= 4 is 54.3 Å². The fraction of sp³-hybridized carbons (Fsp3) is 0. The fourth-order valence-corrected chi connectivity index (χ4v) is 8.37. The van der Waals surface area contributed by atoms with Gasteiger partial charge in [-0.25, -0.2) is 9.97 Å². The van der Waals surface area contributed by atoms with Gasteiger partial charge in [-0.1, -0.05) is 176 Å². The number of hydrogen-bond acceptors (Lipinski definition) is 3. The number of aromatic nitrogens is 2. The molecule has 0 spiro atoms. The first kappa shape index (κ1) is 31.2. The van der Waals surface area contributed by atoms with Gasteiger partial charge in [0.1, 0.15) is 11.2 Å². The van der Waals surface area contributed by atoms with Gasteiger partial charge >= 0.3 is 0 Å². The van der Waals surface area contributed by atoms with Crippen LogP contribution in [0.25, 0.3) is 110 Å². The molecule has 256 valence electrons. The second-order valence-corrected chi connectivity index (χ2v) is 14.1. The van der Waals surface area contributed by atoms with Crippen LogP contribution in [0.1, 0.15) is 0 Å². The summed E-state index contributed by atoms with van der Waals surface area (Å²) in [6.07, 6.45) is 0. The Kier molecular flexibility index (Phi) is 7.17. The van der Waals surface area contributed by atoms with Crippen LogP contribution in [-0.2, 0) is 0 Å². The topological polar surface area (TPSA) is 38.9 Å². The van der Waals surface area contributed by atoms with Gasteiger partial charge in [0.15, 0.2) is 5.82 Å². The molecule has 55 heavy (non-hydrogen) atoms. The summed E-state index contributed by atoms with van der Waals surface area (Å²) in [5.41, 5.74) is 10.9. The number of furan rings is 1. The predicted octanol–water partition coefficient (Wildman–Crippen LogP) is 14.2. The average Bonchev–Trinajstić information content (AvgIpc) is 3.65.